The lowest BCUT2D eigenvalue weighted by Gasteiger charge is -2.30. The van der Waals surface area contributed by atoms with Gasteiger partial charge < -0.3 is 5.32 Å². The van der Waals surface area contributed by atoms with Crippen LogP contribution in [0.15, 0.2) is 23.1 Å². The van der Waals surface area contributed by atoms with E-state index >= 15 is 0 Å². The van der Waals surface area contributed by atoms with Gasteiger partial charge in [-0.3, -0.25) is 4.79 Å². The first kappa shape index (κ1) is 19.4. The van der Waals surface area contributed by atoms with Crippen LogP contribution in [0.25, 0.3) is 0 Å². The number of sulfonamides is 1. The number of anilines is 1. The number of piperidine rings is 1. The Balaban J connectivity index is 1.39. The summed E-state index contributed by atoms with van der Waals surface area (Å²) in [5.74, 6) is -2.33. The Morgan fingerprint density at radius 2 is 1.96 bits per heavy atom. The minimum Gasteiger partial charge on any atom is -0.302 e. The average Bonchev–Trinajstić information content (AvgIpc) is 3.25. The molecule has 0 radical (unpaired) electrons. The van der Waals surface area contributed by atoms with E-state index in [1.807, 2.05) is 0 Å². The lowest BCUT2D eigenvalue weighted by Crippen LogP contribution is -2.41. The number of rotatable bonds is 4. The lowest BCUT2D eigenvalue weighted by molar-refractivity contribution is -0.120. The highest BCUT2D eigenvalue weighted by atomic mass is 32.2. The second kappa shape index (κ2) is 7.49. The number of benzene rings is 1. The van der Waals surface area contributed by atoms with Crippen molar-refractivity contribution in [1.82, 2.24) is 9.29 Å². The first-order valence-corrected chi connectivity index (χ1v) is 11.3. The van der Waals surface area contributed by atoms with Crippen LogP contribution in [0.1, 0.15) is 29.8 Å². The fraction of sp³-hybridized carbons (Fsp3) is 0.444. The molecular weight excluding hydrogens is 408 g/mol. The van der Waals surface area contributed by atoms with Crippen LogP contribution >= 0.6 is 11.3 Å². The van der Waals surface area contributed by atoms with Crippen molar-refractivity contribution < 1.29 is 22.0 Å². The molecule has 28 heavy (non-hydrogen) atoms. The van der Waals surface area contributed by atoms with Gasteiger partial charge in [0.1, 0.15) is 16.5 Å². The number of carbonyl (C=O) groups excluding carboxylic acids is 1. The van der Waals surface area contributed by atoms with Gasteiger partial charge in [0.15, 0.2) is 5.13 Å². The summed E-state index contributed by atoms with van der Waals surface area (Å²) in [6.45, 7) is 0.148. The Morgan fingerprint density at radius 1 is 1.21 bits per heavy atom. The second-order valence-electron chi connectivity index (χ2n) is 6.98. The molecule has 1 saturated heterocycles. The van der Waals surface area contributed by atoms with Crippen molar-refractivity contribution in [2.75, 3.05) is 18.4 Å². The van der Waals surface area contributed by atoms with Crippen molar-refractivity contribution in [3.63, 3.8) is 0 Å². The van der Waals surface area contributed by atoms with E-state index in [1.54, 1.807) is 0 Å². The standard InChI is InChI=1S/C18H19F2N3O3S2/c19-12-4-5-13(20)16(10-12)28(25,26)23-8-6-11(7-9-23)17(24)22-18-21-14-2-1-3-15(14)27-18/h4-5,10-11H,1-3,6-9H2,(H,21,22,24). The van der Waals surface area contributed by atoms with E-state index in [0.29, 0.717) is 24.0 Å². The molecule has 0 spiro atoms. The van der Waals surface area contributed by atoms with Crippen LogP contribution in [0.4, 0.5) is 13.9 Å². The van der Waals surface area contributed by atoms with Crippen LogP contribution in [0.3, 0.4) is 0 Å². The molecule has 2 heterocycles. The van der Waals surface area contributed by atoms with Gasteiger partial charge in [0, 0.05) is 23.9 Å². The number of halogens is 2. The van der Waals surface area contributed by atoms with Gasteiger partial charge >= 0.3 is 0 Å². The predicted octanol–water partition coefficient (Wildman–Crippen LogP) is 2.95. The summed E-state index contributed by atoms with van der Waals surface area (Å²) in [5, 5.41) is 3.42. The molecule has 4 rings (SSSR count). The minimum absolute atomic E-state index is 0.0741. The Morgan fingerprint density at radius 3 is 2.68 bits per heavy atom. The van der Waals surface area contributed by atoms with E-state index in [4.69, 9.17) is 0 Å². The third-order valence-corrected chi connectivity index (χ3v) is 8.15. The summed E-state index contributed by atoms with van der Waals surface area (Å²) in [6, 6.07) is 2.36. The summed E-state index contributed by atoms with van der Waals surface area (Å²) >= 11 is 1.49. The maximum absolute atomic E-state index is 13.9. The maximum Gasteiger partial charge on any atom is 0.246 e. The summed E-state index contributed by atoms with van der Waals surface area (Å²) in [4.78, 5) is 17.5. The zero-order valence-corrected chi connectivity index (χ0v) is 16.6. The van der Waals surface area contributed by atoms with E-state index < -0.39 is 26.6 Å². The molecule has 1 aliphatic heterocycles. The number of amides is 1. The number of thiazole rings is 1. The quantitative estimate of drug-likeness (QED) is 0.814. The monoisotopic (exact) mass is 427 g/mol. The molecule has 1 amide bonds. The van der Waals surface area contributed by atoms with E-state index in [2.05, 4.69) is 10.3 Å². The molecule has 0 atom stereocenters. The van der Waals surface area contributed by atoms with Crippen LogP contribution in [0, 0.1) is 17.6 Å². The molecule has 6 nitrogen and oxygen atoms in total. The third kappa shape index (κ3) is 3.68. The van der Waals surface area contributed by atoms with Crippen molar-refractivity contribution in [2.24, 2.45) is 5.92 Å². The van der Waals surface area contributed by atoms with Gasteiger partial charge in [-0.05, 0) is 50.3 Å². The highest BCUT2D eigenvalue weighted by Gasteiger charge is 2.34. The number of hydrogen-bond donors (Lipinski definition) is 1. The first-order valence-electron chi connectivity index (χ1n) is 9.09. The number of aromatic nitrogens is 1. The molecule has 1 aromatic carbocycles. The van der Waals surface area contributed by atoms with Crippen LogP contribution in [0.2, 0.25) is 0 Å². The number of nitrogens with one attached hydrogen (secondary N) is 1. The SMILES string of the molecule is O=C(Nc1nc2c(s1)CCC2)C1CCN(S(=O)(=O)c2cc(F)ccc2F)CC1. The Labute approximate surface area is 165 Å². The normalized spacial score (nSPS) is 18.2. The van der Waals surface area contributed by atoms with E-state index in [0.717, 1.165) is 41.4 Å². The van der Waals surface area contributed by atoms with Crippen molar-refractivity contribution in [3.05, 3.63) is 40.4 Å². The molecule has 10 heteroatoms. The van der Waals surface area contributed by atoms with Gasteiger partial charge in [-0.2, -0.15) is 4.31 Å². The smallest absolute Gasteiger partial charge is 0.246 e. The first-order chi connectivity index (χ1) is 13.3. The maximum atomic E-state index is 13.9. The van der Waals surface area contributed by atoms with Crippen LogP contribution in [0.5, 0.6) is 0 Å². The van der Waals surface area contributed by atoms with E-state index in [1.165, 1.54) is 16.2 Å². The molecule has 0 unspecified atom stereocenters. The van der Waals surface area contributed by atoms with Gasteiger partial charge in [-0.25, -0.2) is 22.2 Å². The van der Waals surface area contributed by atoms with Crippen molar-refractivity contribution in [3.8, 4) is 0 Å². The van der Waals surface area contributed by atoms with Crippen LogP contribution in [-0.2, 0) is 27.7 Å². The molecular formula is C18H19F2N3O3S2. The lowest BCUT2D eigenvalue weighted by atomic mass is 9.97. The Kier molecular flexibility index (Phi) is 5.19. The molecule has 0 saturated carbocycles. The largest absolute Gasteiger partial charge is 0.302 e. The molecule has 2 aliphatic rings. The summed E-state index contributed by atoms with van der Waals surface area (Å²) in [7, 11) is -4.14. The zero-order valence-electron chi connectivity index (χ0n) is 15.0. The highest BCUT2D eigenvalue weighted by molar-refractivity contribution is 7.89. The van der Waals surface area contributed by atoms with E-state index in [-0.39, 0.29) is 24.9 Å². The fourth-order valence-electron chi connectivity index (χ4n) is 3.62. The van der Waals surface area contributed by atoms with Gasteiger partial charge in [-0.15, -0.1) is 11.3 Å². The van der Waals surface area contributed by atoms with Gasteiger partial charge in [0.2, 0.25) is 15.9 Å². The van der Waals surface area contributed by atoms with E-state index in [9.17, 15) is 22.0 Å². The Bertz CT molecular complexity index is 994. The summed E-state index contributed by atoms with van der Waals surface area (Å²) in [6.07, 6.45) is 3.66. The molecule has 150 valence electrons. The predicted molar refractivity (Wildman–Crippen MR) is 101 cm³/mol. The summed E-state index contributed by atoms with van der Waals surface area (Å²) < 4.78 is 53.6. The van der Waals surface area contributed by atoms with Crippen molar-refractivity contribution >= 4 is 32.4 Å². The number of nitrogens with zero attached hydrogens (tertiary/aromatic N) is 2. The zero-order chi connectivity index (χ0) is 19.9. The molecule has 1 N–H and O–H groups in total. The second-order valence-corrected chi connectivity index (χ2v) is 9.97. The van der Waals surface area contributed by atoms with Crippen LogP contribution < -0.4 is 5.32 Å². The molecule has 2 aromatic rings. The highest BCUT2D eigenvalue weighted by Crippen LogP contribution is 2.31. The molecule has 0 bridgehead atoms. The number of carbonyl (C=O) groups is 1. The third-order valence-electron chi connectivity index (χ3n) is 5.16. The average molecular weight is 427 g/mol. The number of aryl methyl sites for hydroxylation is 2. The molecule has 1 fully saturated rings. The molecule has 1 aliphatic carbocycles. The minimum atomic E-state index is -4.14. The fourth-order valence-corrected chi connectivity index (χ4v) is 6.22. The van der Waals surface area contributed by atoms with Crippen molar-refractivity contribution in [1.29, 1.82) is 0 Å². The topological polar surface area (TPSA) is 79.4 Å². The number of fused-ring (bicyclic) bond motifs is 1. The van der Waals surface area contributed by atoms with Crippen LogP contribution in [-0.4, -0.2) is 36.7 Å². The van der Waals surface area contributed by atoms with Gasteiger partial charge in [0.05, 0.1) is 5.69 Å². The van der Waals surface area contributed by atoms with Crippen molar-refractivity contribution in [2.45, 2.75) is 37.0 Å². The Hall–Kier alpha value is -1.91. The molecule has 1 aromatic heterocycles. The number of hydrogen-bond acceptors (Lipinski definition) is 5. The van der Waals surface area contributed by atoms with Gasteiger partial charge in [-0.1, -0.05) is 0 Å². The summed E-state index contributed by atoms with van der Waals surface area (Å²) in [5.41, 5.74) is 1.05. The van der Waals surface area contributed by atoms with Gasteiger partial charge in [0.25, 0.3) is 0 Å².